The highest BCUT2D eigenvalue weighted by molar-refractivity contribution is 6.02. The number of nitrogens with zero attached hydrogens (tertiary/aromatic N) is 4. The molecule has 0 saturated carbocycles. The molecule has 2 aromatic heterocycles. The molecule has 1 aliphatic heterocycles. The lowest BCUT2D eigenvalue weighted by atomic mass is 10.1. The molecular weight excluding hydrogens is 360 g/mol. The van der Waals surface area contributed by atoms with Gasteiger partial charge in [0.2, 0.25) is 0 Å². The smallest absolute Gasteiger partial charge is 0.410 e. The van der Waals surface area contributed by atoms with E-state index >= 15 is 0 Å². The van der Waals surface area contributed by atoms with E-state index in [2.05, 4.69) is 20.7 Å². The van der Waals surface area contributed by atoms with Crippen LogP contribution in [0.25, 0.3) is 0 Å². The molecule has 0 spiro atoms. The number of hydrogen-bond donors (Lipinski definition) is 2. The van der Waals surface area contributed by atoms with Crippen molar-refractivity contribution in [2.45, 2.75) is 32.4 Å². The second kappa shape index (κ2) is 7.97. The summed E-state index contributed by atoms with van der Waals surface area (Å²) in [7, 11) is 1.78. The molecule has 9 nitrogen and oxygen atoms in total. The Hall–Kier alpha value is -2.94. The lowest BCUT2D eigenvalue weighted by Gasteiger charge is -2.37. The Morgan fingerprint density at radius 3 is 2.68 bits per heavy atom. The molecule has 3 rings (SSSR count). The van der Waals surface area contributed by atoms with E-state index in [-0.39, 0.29) is 23.7 Å². The Bertz CT molecular complexity index is 840. The maximum Gasteiger partial charge on any atom is 0.410 e. The van der Waals surface area contributed by atoms with Gasteiger partial charge < -0.3 is 15.4 Å². The molecule has 150 valence electrons. The van der Waals surface area contributed by atoms with Gasteiger partial charge in [-0.25, -0.2) is 4.79 Å². The van der Waals surface area contributed by atoms with Gasteiger partial charge in [0.25, 0.3) is 5.91 Å². The summed E-state index contributed by atoms with van der Waals surface area (Å²) in [6, 6.07) is 4.97. The van der Waals surface area contributed by atoms with Crippen LogP contribution in [0.5, 0.6) is 0 Å². The fourth-order valence-electron chi connectivity index (χ4n) is 2.94. The normalized spacial score (nSPS) is 17.3. The summed E-state index contributed by atoms with van der Waals surface area (Å²) in [4.78, 5) is 30.9. The molecule has 1 aliphatic rings. The number of ether oxygens (including phenoxy) is 1. The first-order valence-corrected chi connectivity index (χ1v) is 9.20. The zero-order valence-electron chi connectivity index (χ0n) is 16.6. The maximum atomic E-state index is 12.6. The van der Waals surface area contributed by atoms with Crippen LogP contribution in [0.3, 0.4) is 0 Å². The van der Waals surface area contributed by atoms with Crippen molar-refractivity contribution < 1.29 is 14.3 Å². The molecule has 1 unspecified atom stereocenters. The van der Waals surface area contributed by atoms with Gasteiger partial charge in [-0.05, 0) is 32.4 Å². The lowest BCUT2D eigenvalue weighted by molar-refractivity contribution is 0.0117. The largest absolute Gasteiger partial charge is 0.444 e. The second-order valence-corrected chi connectivity index (χ2v) is 7.70. The van der Waals surface area contributed by atoms with Crippen LogP contribution in [0.2, 0.25) is 0 Å². The van der Waals surface area contributed by atoms with E-state index in [0.717, 1.165) is 5.56 Å². The van der Waals surface area contributed by atoms with E-state index in [1.807, 2.05) is 26.8 Å². The Kier molecular flexibility index (Phi) is 5.64. The van der Waals surface area contributed by atoms with Gasteiger partial charge in [0.1, 0.15) is 11.3 Å². The zero-order valence-corrected chi connectivity index (χ0v) is 16.6. The van der Waals surface area contributed by atoms with Gasteiger partial charge in [0.05, 0.1) is 6.04 Å². The highest BCUT2D eigenvalue weighted by Gasteiger charge is 2.31. The van der Waals surface area contributed by atoms with Crippen LogP contribution < -0.4 is 10.6 Å². The quantitative estimate of drug-likeness (QED) is 0.836. The van der Waals surface area contributed by atoms with Crippen molar-refractivity contribution in [1.82, 2.24) is 25.0 Å². The van der Waals surface area contributed by atoms with Crippen LogP contribution >= 0.6 is 0 Å². The molecule has 0 bridgehead atoms. The first-order valence-electron chi connectivity index (χ1n) is 9.20. The minimum absolute atomic E-state index is 0.205. The van der Waals surface area contributed by atoms with Gasteiger partial charge >= 0.3 is 6.09 Å². The van der Waals surface area contributed by atoms with Crippen molar-refractivity contribution in [2.24, 2.45) is 7.05 Å². The third kappa shape index (κ3) is 4.86. The molecule has 2 amide bonds. The first kappa shape index (κ1) is 19.8. The number of hydrogen-bond acceptors (Lipinski definition) is 6. The minimum atomic E-state index is -0.557. The van der Waals surface area contributed by atoms with Crippen molar-refractivity contribution in [1.29, 1.82) is 0 Å². The van der Waals surface area contributed by atoms with Crippen LogP contribution in [0, 0.1) is 0 Å². The highest BCUT2D eigenvalue weighted by atomic mass is 16.6. The standard InChI is InChI=1S/C19H26N6O3/c1-19(2,3)28-18(27)25-10-8-20-12-15(25)13-5-6-14(21-11-13)17(26)22-16-7-9-24(4)23-16/h5-7,9,11,15,20H,8,10,12H2,1-4H3,(H,22,23,26). The SMILES string of the molecule is Cn1ccc(NC(=O)c2ccc(C3CNCCN3C(=O)OC(C)(C)C)cn2)n1. The van der Waals surface area contributed by atoms with E-state index in [9.17, 15) is 9.59 Å². The molecule has 0 aliphatic carbocycles. The number of anilines is 1. The highest BCUT2D eigenvalue weighted by Crippen LogP contribution is 2.24. The number of piperazine rings is 1. The molecular formula is C19H26N6O3. The monoisotopic (exact) mass is 386 g/mol. The maximum absolute atomic E-state index is 12.6. The third-order valence-corrected chi connectivity index (χ3v) is 4.23. The van der Waals surface area contributed by atoms with Crippen molar-refractivity contribution in [3.8, 4) is 0 Å². The minimum Gasteiger partial charge on any atom is -0.444 e. The Morgan fingerprint density at radius 2 is 2.07 bits per heavy atom. The van der Waals surface area contributed by atoms with Gasteiger partial charge in [-0.3, -0.25) is 19.4 Å². The van der Waals surface area contributed by atoms with E-state index in [0.29, 0.717) is 25.5 Å². The summed E-state index contributed by atoms with van der Waals surface area (Å²) in [5, 5.41) is 10.1. The average molecular weight is 386 g/mol. The lowest BCUT2D eigenvalue weighted by Crippen LogP contribution is -2.50. The van der Waals surface area contributed by atoms with Gasteiger partial charge in [0.15, 0.2) is 5.82 Å². The van der Waals surface area contributed by atoms with Crippen LogP contribution in [0.15, 0.2) is 30.6 Å². The Balaban J connectivity index is 1.71. The molecule has 28 heavy (non-hydrogen) atoms. The first-order chi connectivity index (χ1) is 13.2. The Labute approximate surface area is 164 Å². The van der Waals surface area contributed by atoms with Gasteiger partial charge in [-0.15, -0.1) is 0 Å². The van der Waals surface area contributed by atoms with Gasteiger partial charge in [0, 0.05) is 45.1 Å². The van der Waals surface area contributed by atoms with Crippen molar-refractivity contribution >= 4 is 17.8 Å². The molecule has 2 aromatic rings. The van der Waals surface area contributed by atoms with Crippen LogP contribution in [-0.4, -0.2) is 56.9 Å². The zero-order chi connectivity index (χ0) is 20.3. The molecule has 2 N–H and O–H groups in total. The number of amides is 2. The molecule has 9 heteroatoms. The molecule has 1 fully saturated rings. The van der Waals surface area contributed by atoms with Crippen LogP contribution in [0.4, 0.5) is 10.6 Å². The number of carbonyl (C=O) groups excluding carboxylic acids is 2. The van der Waals surface area contributed by atoms with Crippen molar-refractivity contribution in [3.63, 3.8) is 0 Å². The third-order valence-electron chi connectivity index (χ3n) is 4.23. The number of aromatic nitrogens is 3. The average Bonchev–Trinajstić information content (AvgIpc) is 3.05. The van der Waals surface area contributed by atoms with Crippen LogP contribution in [0.1, 0.15) is 42.9 Å². The Morgan fingerprint density at radius 1 is 1.29 bits per heavy atom. The number of rotatable bonds is 3. The summed E-state index contributed by atoms with van der Waals surface area (Å²) in [6.07, 6.45) is 3.02. The van der Waals surface area contributed by atoms with Gasteiger partial charge in [-0.1, -0.05) is 6.07 Å². The van der Waals surface area contributed by atoms with E-state index in [1.165, 1.54) is 0 Å². The number of carbonyl (C=O) groups is 2. The van der Waals surface area contributed by atoms with Crippen LogP contribution in [-0.2, 0) is 11.8 Å². The topological polar surface area (TPSA) is 101 Å². The molecule has 0 radical (unpaired) electrons. The number of nitrogens with one attached hydrogen (secondary N) is 2. The number of pyridine rings is 1. The second-order valence-electron chi connectivity index (χ2n) is 7.70. The van der Waals surface area contributed by atoms with Gasteiger partial charge in [-0.2, -0.15) is 5.10 Å². The summed E-state index contributed by atoms with van der Waals surface area (Å²) < 4.78 is 7.13. The fraction of sp³-hybridized carbons (Fsp3) is 0.474. The molecule has 1 atom stereocenters. The molecule has 0 aromatic carbocycles. The summed E-state index contributed by atoms with van der Waals surface area (Å²) >= 11 is 0. The number of aryl methyl sites for hydroxylation is 1. The fourth-order valence-corrected chi connectivity index (χ4v) is 2.94. The predicted molar refractivity (Wildman–Crippen MR) is 104 cm³/mol. The summed E-state index contributed by atoms with van der Waals surface area (Å²) in [6.45, 7) is 7.38. The van der Waals surface area contributed by atoms with E-state index in [1.54, 1.807) is 41.2 Å². The summed E-state index contributed by atoms with van der Waals surface area (Å²) in [5.41, 5.74) is 0.562. The molecule has 3 heterocycles. The van der Waals surface area contributed by atoms with E-state index in [4.69, 9.17) is 4.74 Å². The van der Waals surface area contributed by atoms with Crippen molar-refractivity contribution in [2.75, 3.05) is 25.0 Å². The summed E-state index contributed by atoms with van der Waals surface area (Å²) in [5.74, 6) is 0.127. The van der Waals surface area contributed by atoms with Crippen molar-refractivity contribution in [3.05, 3.63) is 41.9 Å². The molecule has 1 saturated heterocycles. The predicted octanol–water partition coefficient (Wildman–Crippen LogP) is 1.95. The van der Waals surface area contributed by atoms with E-state index < -0.39 is 5.60 Å².